The second-order valence-corrected chi connectivity index (χ2v) is 6.29. The molecule has 134 valence electrons. The van der Waals surface area contributed by atoms with Crippen LogP contribution in [0.1, 0.15) is 37.3 Å². The molecule has 4 N–H and O–H groups in total. The molecule has 1 aromatic heterocycles. The predicted molar refractivity (Wildman–Crippen MR) is 106 cm³/mol. The highest BCUT2D eigenvalue weighted by Gasteiger charge is 2.04. The van der Waals surface area contributed by atoms with E-state index in [-0.39, 0.29) is 0 Å². The number of H-pyrrole nitrogens is 1. The molecular weight excluding hydrogens is 324 g/mol. The normalized spacial score (nSPS) is 12.8. The maximum absolute atomic E-state index is 6.02. The average Bonchev–Trinajstić information content (AvgIpc) is 3.21. The van der Waals surface area contributed by atoms with E-state index in [1.54, 1.807) is 0 Å². The molecule has 0 aliphatic heterocycles. The summed E-state index contributed by atoms with van der Waals surface area (Å²) in [6.07, 6.45) is 2.62. The monoisotopic (exact) mass is 348 g/mol. The summed E-state index contributed by atoms with van der Waals surface area (Å²) in [6, 6.07) is 16.3. The lowest BCUT2D eigenvalue weighted by molar-refractivity contribution is 0.734. The molecular formula is C20H24N6. The lowest BCUT2D eigenvalue weighted by atomic mass is 9.99. The first kappa shape index (κ1) is 17.7. The van der Waals surface area contributed by atoms with Crippen LogP contribution in [0.3, 0.4) is 0 Å². The van der Waals surface area contributed by atoms with Crippen LogP contribution in [0, 0.1) is 0 Å². The second-order valence-electron chi connectivity index (χ2n) is 6.29. The molecule has 6 heteroatoms. The van der Waals surface area contributed by atoms with Crippen molar-refractivity contribution in [2.75, 3.05) is 5.32 Å². The van der Waals surface area contributed by atoms with E-state index < -0.39 is 0 Å². The van der Waals surface area contributed by atoms with Crippen LogP contribution in [0.5, 0.6) is 0 Å². The Morgan fingerprint density at radius 3 is 2.73 bits per heavy atom. The maximum Gasteiger partial charge on any atom is 0.193 e. The predicted octanol–water partition coefficient (Wildman–Crippen LogP) is 3.91. The minimum atomic E-state index is 0.395. The summed E-state index contributed by atoms with van der Waals surface area (Å²) in [5.74, 6) is 1.70. The molecule has 1 unspecified atom stereocenters. The van der Waals surface area contributed by atoms with Gasteiger partial charge in [-0.2, -0.15) is 5.10 Å². The molecule has 26 heavy (non-hydrogen) atoms. The molecule has 6 nitrogen and oxygen atoms in total. The lowest BCUT2D eigenvalue weighted by Gasteiger charge is -2.11. The van der Waals surface area contributed by atoms with Crippen LogP contribution in [-0.4, -0.2) is 21.1 Å². The van der Waals surface area contributed by atoms with Crippen LogP contribution in [-0.2, 0) is 6.54 Å². The van der Waals surface area contributed by atoms with E-state index in [1.165, 1.54) is 11.9 Å². The van der Waals surface area contributed by atoms with Crippen molar-refractivity contribution in [3.8, 4) is 11.4 Å². The molecule has 2 aromatic carbocycles. The Bertz CT molecular complexity index is 852. The summed E-state index contributed by atoms with van der Waals surface area (Å²) in [4.78, 5) is 8.59. The Labute approximate surface area is 153 Å². The SMILES string of the molecule is CCC(C)c1ccc(NC(N)=NCc2cccc(-c3ncn[nH]3)c2)cc1. The number of hydrogen-bond donors (Lipinski definition) is 3. The van der Waals surface area contributed by atoms with Crippen LogP contribution >= 0.6 is 0 Å². The fraction of sp³-hybridized carbons (Fsp3) is 0.250. The Hall–Kier alpha value is -3.15. The van der Waals surface area contributed by atoms with Gasteiger partial charge in [-0.1, -0.05) is 44.2 Å². The third kappa shape index (κ3) is 4.47. The van der Waals surface area contributed by atoms with E-state index in [0.29, 0.717) is 18.4 Å². The van der Waals surface area contributed by atoms with Gasteiger partial charge in [0.1, 0.15) is 6.33 Å². The Kier molecular flexibility index (Phi) is 5.63. The number of nitrogens with one attached hydrogen (secondary N) is 2. The molecule has 3 rings (SSSR count). The molecule has 3 aromatic rings. The Morgan fingerprint density at radius 1 is 1.23 bits per heavy atom. The van der Waals surface area contributed by atoms with Gasteiger partial charge in [0.05, 0.1) is 6.54 Å². The van der Waals surface area contributed by atoms with Crippen molar-refractivity contribution in [3.05, 3.63) is 66.0 Å². The minimum Gasteiger partial charge on any atom is -0.370 e. The van der Waals surface area contributed by atoms with E-state index in [1.807, 2.05) is 36.4 Å². The number of aromatic nitrogens is 3. The number of hydrogen-bond acceptors (Lipinski definition) is 3. The molecule has 0 saturated carbocycles. The number of guanidine groups is 1. The fourth-order valence-corrected chi connectivity index (χ4v) is 2.66. The topological polar surface area (TPSA) is 92.0 Å². The van der Waals surface area contributed by atoms with Crippen molar-refractivity contribution in [3.63, 3.8) is 0 Å². The van der Waals surface area contributed by atoms with Gasteiger partial charge in [-0.15, -0.1) is 0 Å². The quantitative estimate of drug-likeness (QED) is 0.465. The summed E-state index contributed by atoms with van der Waals surface area (Å²) >= 11 is 0. The molecule has 0 spiro atoms. The number of nitrogens with two attached hydrogens (primary N) is 1. The zero-order valence-electron chi connectivity index (χ0n) is 15.1. The van der Waals surface area contributed by atoms with Crippen LogP contribution in [0.4, 0.5) is 5.69 Å². The number of benzene rings is 2. The summed E-state index contributed by atoms with van der Waals surface area (Å²) < 4.78 is 0. The zero-order chi connectivity index (χ0) is 18.4. The highest BCUT2D eigenvalue weighted by atomic mass is 15.2. The number of anilines is 1. The summed E-state index contributed by atoms with van der Waals surface area (Å²) in [5, 5.41) is 9.88. The molecule has 0 fully saturated rings. The van der Waals surface area contributed by atoms with Crippen molar-refractivity contribution in [2.45, 2.75) is 32.7 Å². The summed E-state index contributed by atoms with van der Waals surface area (Å²) in [5.41, 5.74) is 10.3. The van der Waals surface area contributed by atoms with Crippen LogP contribution in [0.25, 0.3) is 11.4 Å². The van der Waals surface area contributed by atoms with Gasteiger partial charge in [-0.3, -0.25) is 5.10 Å². The number of aromatic amines is 1. The lowest BCUT2D eigenvalue weighted by Crippen LogP contribution is -2.22. The smallest absolute Gasteiger partial charge is 0.193 e. The first-order valence-electron chi connectivity index (χ1n) is 8.77. The fourth-order valence-electron chi connectivity index (χ4n) is 2.66. The number of aliphatic imine (C=N–C) groups is 1. The van der Waals surface area contributed by atoms with Crippen molar-refractivity contribution in [2.24, 2.45) is 10.7 Å². The van der Waals surface area contributed by atoms with Gasteiger partial charge in [0.25, 0.3) is 0 Å². The van der Waals surface area contributed by atoms with Crippen LogP contribution < -0.4 is 11.1 Å². The maximum atomic E-state index is 6.02. The number of rotatable bonds is 6. The van der Waals surface area contributed by atoms with E-state index in [0.717, 1.165) is 29.1 Å². The zero-order valence-corrected chi connectivity index (χ0v) is 15.1. The molecule has 0 saturated heterocycles. The molecule has 0 bridgehead atoms. The third-order valence-electron chi connectivity index (χ3n) is 4.41. The van der Waals surface area contributed by atoms with Crippen LogP contribution in [0.15, 0.2) is 59.9 Å². The molecule has 0 radical (unpaired) electrons. The molecule has 1 heterocycles. The van der Waals surface area contributed by atoms with E-state index >= 15 is 0 Å². The van der Waals surface area contributed by atoms with Gasteiger partial charge in [0.2, 0.25) is 0 Å². The van der Waals surface area contributed by atoms with Gasteiger partial charge >= 0.3 is 0 Å². The van der Waals surface area contributed by atoms with Crippen LogP contribution in [0.2, 0.25) is 0 Å². The van der Waals surface area contributed by atoms with Gasteiger partial charge in [-0.05, 0) is 41.7 Å². The molecule has 0 aliphatic rings. The average molecular weight is 348 g/mol. The van der Waals surface area contributed by atoms with E-state index in [4.69, 9.17) is 5.73 Å². The van der Waals surface area contributed by atoms with Crippen molar-refractivity contribution < 1.29 is 0 Å². The first-order valence-corrected chi connectivity index (χ1v) is 8.77. The first-order chi connectivity index (χ1) is 12.7. The van der Waals surface area contributed by atoms with E-state index in [9.17, 15) is 0 Å². The standard InChI is InChI=1S/C20H24N6/c1-3-14(2)16-7-9-18(10-8-16)25-20(21)22-12-15-5-4-6-17(11-15)19-23-13-24-26-19/h4-11,13-14H,3,12H2,1-2H3,(H3,21,22,25)(H,23,24,26). The van der Waals surface area contributed by atoms with Crippen molar-refractivity contribution in [1.82, 2.24) is 15.2 Å². The molecule has 0 aliphatic carbocycles. The molecule has 0 amide bonds. The number of nitrogens with zero attached hydrogens (tertiary/aromatic N) is 3. The highest BCUT2D eigenvalue weighted by molar-refractivity contribution is 5.92. The highest BCUT2D eigenvalue weighted by Crippen LogP contribution is 2.20. The van der Waals surface area contributed by atoms with Crippen molar-refractivity contribution >= 4 is 11.6 Å². The molecule has 1 atom stereocenters. The van der Waals surface area contributed by atoms with E-state index in [2.05, 4.69) is 51.5 Å². The minimum absolute atomic E-state index is 0.395. The van der Waals surface area contributed by atoms with Gasteiger partial charge < -0.3 is 11.1 Å². The summed E-state index contributed by atoms with van der Waals surface area (Å²) in [7, 11) is 0. The second kappa shape index (κ2) is 8.29. The van der Waals surface area contributed by atoms with Gasteiger partial charge in [-0.25, -0.2) is 9.98 Å². The Morgan fingerprint density at radius 2 is 2.04 bits per heavy atom. The Balaban J connectivity index is 1.63. The van der Waals surface area contributed by atoms with Crippen molar-refractivity contribution in [1.29, 1.82) is 0 Å². The van der Waals surface area contributed by atoms with Gasteiger partial charge in [0, 0.05) is 11.3 Å². The third-order valence-corrected chi connectivity index (χ3v) is 4.41. The summed E-state index contributed by atoms with van der Waals surface area (Å²) in [6.45, 7) is 4.91. The van der Waals surface area contributed by atoms with Gasteiger partial charge in [0.15, 0.2) is 11.8 Å². The largest absolute Gasteiger partial charge is 0.370 e.